The number of halogens is 2. The molecule has 0 atom stereocenters. The number of hydrogen-bond donors (Lipinski definition) is 0. The molecule has 0 heterocycles. The van der Waals surface area contributed by atoms with Crippen molar-refractivity contribution in [3.05, 3.63) is 34.9 Å². The van der Waals surface area contributed by atoms with Crippen LogP contribution < -0.4 is 0 Å². The quantitative estimate of drug-likeness (QED) is 0.633. The van der Waals surface area contributed by atoms with Crippen molar-refractivity contribution < 1.29 is 8.78 Å². The second-order valence-corrected chi connectivity index (χ2v) is 4.59. The van der Waals surface area contributed by atoms with E-state index in [0.29, 0.717) is 5.56 Å². The minimum atomic E-state index is -2.38. The molecule has 0 aromatic heterocycles. The van der Waals surface area contributed by atoms with Crippen molar-refractivity contribution in [1.82, 2.24) is 0 Å². The molecule has 0 unspecified atom stereocenters. The standard InChI is InChI=1S/C12H16F2/c1-8-6-5-7-9(12(2,3)4)10(8)11(13)14/h5-7,11H,1-4H3. The molecule has 78 valence electrons. The molecule has 0 bridgehead atoms. The second-order valence-electron chi connectivity index (χ2n) is 4.59. The van der Waals surface area contributed by atoms with Gasteiger partial charge in [0.1, 0.15) is 0 Å². The predicted octanol–water partition coefficient (Wildman–Crippen LogP) is 4.23. The third kappa shape index (κ3) is 2.11. The number of aryl methyl sites for hydroxylation is 1. The Morgan fingerprint density at radius 3 is 2.07 bits per heavy atom. The smallest absolute Gasteiger partial charge is 0.205 e. The minimum Gasteiger partial charge on any atom is -0.205 e. The van der Waals surface area contributed by atoms with E-state index in [-0.39, 0.29) is 11.0 Å². The molecular formula is C12H16F2. The molecule has 0 saturated carbocycles. The van der Waals surface area contributed by atoms with Crippen LogP contribution in [-0.2, 0) is 5.41 Å². The average molecular weight is 198 g/mol. The van der Waals surface area contributed by atoms with Gasteiger partial charge < -0.3 is 0 Å². The summed E-state index contributed by atoms with van der Waals surface area (Å²) in [4.78, 5) is 0. The predicted molar refractivity (Wildman–Crippen MR) is 54.8 cm³/mol. The topological polar surface area (TPSA) is 0 Å². The van der Waals surface area contributed by atoms with Gasteiger partial charge in [0.15, 0.2) is 0 Å². The van der Waals surface area contributed by atoms with Crippen LogP contribution in [0.4, 0.5) is 8.78 Å². The lowest BCUT2D eigenvalue weighted by atomic mass is 9.82. The molecule has 0 amide bonds. The molecule has 0 aliphatic carbocycles. The maximum absolute atomic E-state index is 12.8. The molecule has 1 aromatic rings. The zero-order chi connectivity index (χ0) is 10.9. The highest BCUT2D eigenvalue weighted by Gasteiger charge is 2.23. The average Bonchev–Trinajstić information content (AvgIpc) is 2.01. The molecule has 0 spiro atoms. The van der Waals surface area contributed by atoms with Gasteiger partial charge in [-0.25, -0.2) is 8.78 Å². The Bertz CT molecular complexity index is 322. The van der Waals surface area contributed by atoms with Crippen molar-refractivity contribution in [2.45, 2.75) is 39.5 Å². The summed E-state index contributed by atoms with van der Waals surface area (Å²) in [7, 11) is 0. The first kappa shape index (κ1) is 11.2. The van der Waals surface area contributed by atoms with Gasteiger partial charge in [-0.3, -0.25) is 0 Å². The van der Waals surface area contributed by atoms with E-state index in [9.17, 15) is 8.78 Å². The van der Waals surface area contributed by atoms with Gasteiger partial charge in [-0.05, 0) is 23.5 Å². The van der Waals surface area contributed by atoms with Crippen molar-refractivity contribution in [1.29, 1.82) is 0 Å². The Labute approximate surface area is 84.0 Å². The van der Waals surface area contributed by atoms with E-state index in [4.69, 9.17) is 0 Å². The Kier molecular flexibility index (Phi) is 2.93. The van der Waals surface area contributed by atoms with Crippen LogP contribution in [0.2, 0.25) is 0 Å². The molecule has 1 rings (SSSR count). The summed E-state index contributed by atoms with van der Waals surface area (Å²) in [5.74, 6) is 0. The first-order chi connectivity index (χ1) is 6.34. The van der Waals surface area contributed by atoms with Crippen LogP contribution in [-0.4, -0.2) is 0 Å². The van der Waals surface area contributed by atoms with E-state index < -0.39 is 6.43 Å². The van der Waals surface area contributed by atoms with E-state index in [1.165, 1.54) is 0 Å². The van der Waals surface area contributed by atoms with Gasteiger partial charge in [-0.1, -0.05) is 39.0 Å². The third-order valence-electron chi connectivity index (χ3n) is 2.35. The molecule has 0 N–H and O–H groups in total. The number of benzene rings is 1. The van der Waals surface area contributed by atoms with E-state index >= 15 is 0 Å². The fraction of sp³-hybridized carbons (Fsp3) is 0.500. The highest BCUT2D eigenvalue weighted by molar-refractivity contribution is 5.39. The van der Waals surface area contributed by atoms with Gasteiger partial charge >= 0.3 is 0 Å². The van der Waals surface area contributed by atoms with Gasteiger partial charge in [0.2, 0.25) is 0 Å². The van der Waals surface area contributed by atoms with Crippen molar-refractivity contribution >= 4 is 0 Å². The highest BCUT2D eigenvalue weighted by Crippen LogP contribution is 2.33. The minimum absolute atomic E-state index is 0.194. The largest absolute Gasteiger partial charge is 0.264 e. The van der Waals surface area contributed by atoms with Crippen LogP contribution >= 0.6 is 0 Å². The third-order valence-corrected chi connectivity index (χ3v) is 2.35. The van der Waals surface area contributed by atoms with Crippen LogP contribution in [0.3, 0.4) is 0 Å². The van der Waals surface area contributed by atoms with Crippen molar-refractivity contribution in [3.63, 3.8) is 0 Å². The maximum Gasteiger partial charge on any atom is 0.264 e. The molecule has 0 aliphatic rings. The van der Waals surface area contributed by atoms with Crippen molar-refractivity contribution in [2.75, 3.05) is 0 Å². The summed E-state index contributed by atoms with van der Waals surface area (Å²) in [6.07, 6.45) is -2.38. The summed E-state index contributed by atoms with van der Waals surface area (Å²) in [5, 5.41) is 0. The normalized spacial score (nSPS) is 12.2. The van der Waals surface area contributed by atoms with Gasteiger partial charge in [-0.15, -0.1) is 0 Å². The van der Waals surface area contributed by atoms with Gasteiger partial charge in [0.05, 0.1) is 0 Å². The molecule has 1 aromatic carbocycles. The molecular weight excluding hydrogens is 182 g/mol. The van der Waals surface area contributed by atoms with Gasteiger partial charge in [0.25, 0.3) is 6.43 Å². The lowest BCUT2D eigenvalue weighted by Gasteiger charge is -2.23. The Hall–Kier alpha value is -0.920. The molecule has 14 heavy (non-hydrogen) atoms. The zero-order valence-corrected chi connectivity index (χ0v) is 9.07. The van der Waals surface area contributed by atoms with Crippen LogP contribution in [0, 0.1) is 6.92 Å². The van der Waals surface area contributed by atoms with E-state index in [1.54, 1.807) is 19.1 Å². The lowest BCUT2D eigenvalue weighted by molar-refractivity contribution is 0.148. The van der Waals surface area contributed by atoms with Gasteiger partial charge in [-0.2, -0.15) is 0 Å². The molecule has 0 saturated heterocycles. The fourth-order valence-corrected chi connectivity index (χ4v) is 1.62. The van der Waals surface area contributed by atoms with Crippen LogP contribution in [0.25, 0.3) is 0 Å². The summed E-state index contributed by atoms with van der Waals surface area (Å²) in [5.41, 5.74) is 1.39. The summed E-state index contributed by atoms with van der Waals surface area (Å²) in [6, 6.07) is 5.35. The Morgan fingerprint density at radius 2 is 1.71 bits per heavy atom. The van der Waals surface area contributed by atoms with Crippen LogP contribution in [0.1, 0.15) is 43.9 Å². The molecule has 0 aliphatic heterocycles. The Morgan fingerprint density at radius 1 is 1.14 bits per heavy atom. The van der Waals surface area contributed by atoms with Crippen molar-refractivity contribution in [2.24, 2.45) is 0 Å². The van der Waals surface area contributed by atoms with Crippen LogP contribution in [0.5, 0.6) is 0 Å². The maximum atomic E-state index is 12.8. The summed E-state index contributed by atoms with van der Waals surface area (Å²) >= 11 is 0. The van der Waals surface area contributed by atoms with E-state index in [1.807, 2.05) is 26.8 Å². The Balaban J connectivity index is 3.36. The van der Waals surface area contributed by atoms with E-state index in [2.05, 4.69) is 0 Å². The highest BCUT2D eigenvalue weighted by atomic mass is 19.3. The zero-order valence-electron chi connectivity index (χ0n) is 9.07. The molecule has 0 radical (unpaired) electrons. The van der Waals surface area contributed by atoms with Gasteiger partial charge in [0, 0.05) is 5.56 Å². The van der Waals surface area contributed by atoms with Crippen molar-refractivity contribution in [3.8, 4) is 0 Å². The number of hydrogen-bond acceptors (Lipinski definition) is 0. The lowest BCUT2D eigenvalue weighted by Crippen LogP contribution is -2.15. The van der Waals surface area contributed by atoms with Crippen LogP contribution in [0.15, 0.2) is 18.2 Å². The fourth-order valence-electron chi connectivity index (χ4n) is 1.62. The molecule has 0 fully saturated rings. The summed E-state index contributed by atoms with van der Waals surface area (Å²) in [6.45, 7) is 7.59. The number of alkyl halides is 2. The second kappa shape index (κ2) is 3.68. The number of rotatable bonds is 1. The molecule has 2 heteroatoms. The van der Waals surface area contributed by atoms with E-state index in [0.717, 1.165) is 5.56 Å². The molecule has 0 nitrogen and oxygen atoms in total. The first-order valence-electron chi connectivity index (χ1n) is 4.72. The summed E-state index contributed by atoms with van der Waals surface area (Å²) < 4.78 is 25.6. The monoisotopic (exact) mass is 198 g/mol. The first-order valence-corrected chi connectivity index (χ1v) is 4.72. The SMILES string of the molecule is Cc1cccc(C(C)(C)C)c1C(F)F.